The minimum atomic E-state index is -0.922. The molecule has 1 saturated heterocycles. The maximum absolute atomic E-state index is 11.8. The van der Waals surface area contributed by atoms with Crippen LogP contribution in [-0.2, 0) is 24.1 Å². The van der Waals surface area contributed by atoms with Crippen molar-refractivity contribution in [1.29, 1.82) is 0 Å². The second-order valence-electron chi connectivity index (χ2n) is 9.01. The second-order valence-corrected chi connectivity index (χ2v) is 11.5. The van der Waals surface area contributed by atoms with E-state index in [4.69, 9.17) is 9.97 Å². The van der Waals surface area contributed by atoms with Crippen LogP contribution in [0.15, 0.2) is 82.6 Å². The van der Waals surface area contributed by atoms with E-state index in [9.17, 15) is 9.32 Å². The van der Waals surface area contributed by atoms with Crippen molar-refractivity contribution >= 4 is 45.4 Å². The number of aliphatic hydroxyl groups excluding tert-OH is 1. The number of nitrogens with zero attached hydrogens (tertiary/aromatic N) is 3. The lowest BCUT2D eigenvalue weighted by Crippen LogP contribution is -2.39. The molecule has 1 aliphatic rings. The van der Waals surface area contributed by atoms with Crippen LogP contribution < -0.4 is 10.6 Å². The van der Waals surface area contributed by atoms with E-state index in [1.165, 1.54) is 0 Å². The Balaban J connectivity index is 1.34. The first-order valence-corrected chi connectivity index (χ1v) is 14.7. The molecule has 5 rings (SSSR count). The van der Waals surface area contributed by atoms with Gasteiger partial charge in [-0.15, -0.1) is 0 Å². The molecule has 1 fully saturated rings. The maximum Gasteiger partial charge on any atom is 0.225 e. The van der Waals surface area contributed by atoms with Crippen molar-refractivity contribution < 1.29 is 9.32 Å². The van der Waals surface area contributed by atoms with Crippen molar-refractivity contribution in [1.82, 2.24) is 14.3 Å². The Kier molecular flexibility index (Phi) is 8.35. The van der Waals surface area contributed by atoms with Crippen molar-refractivity contribution in [3.8, 4) is 0 Å². The number of para-hydroxylation sites is 1. The molecule has 0 saturated carbocycles. The third-order valence-electron chi connectivity index (χ3n) is 6.53. The first-order valence-electron chi connectivity index (χ1n) is 12.4. The van der Waals surface area contributed by atoms with Crippen molar-refractivity contribution in [3.63, 3.8) is 0 Å². The van der Waals surface area contributed by atoms with E-state index >= 15 is 0 Å². The van der Waals surface area contributed by atoms with E-state index in [-0.39, 0.29) is 12.6 Å². The number of rotatable bonds is 9. The Bertz CT molecular complexity index is 1390. The lowest BCUT2D eigenvalue weighted by atomic mass is 10.1. The molecule has 0 radical (unpaired) electrons. The van der Waals surface area contributed by atoms with Crippen molar-refractivity contribution in [2.75, 3.05) is 30.0 Å². The number of aliphatic hydroxyl groups is 1. The van der Waals surface area contributed by atoms with Crippen molar-refractivity contribution in [3.05, 3.63) is 83.9 Å². The molecule has 0 aliphatic carbocycles. The standard InChI is InChI=1S/C28H31N5O2S2/c1-37(35)33-16-14-22(15-17-33)30-27-23-10-4-5-11-24(23)31-28(32-27)29-18-20-8-2-6-12-25(20)36-26-13-7-3-9-21(26)19-34/h2-13,22,34H,14-19H2,1H3,(H2,29,30,31,32). The number of hydrogen-bond donors (Lipinski definition) is 3. The normalized spacial score (nSPS) is 15.5. The van der Waals surface area contributed by atoms with Crippen LogP contribution in [0.2, 0.25) is 0 Å². The molecule has 1 unspecified atom stereocenters. The zero-order valence-corrected chi connectivity index (χ0v) is 22.4. The predicted octanol–water partition coefficient (Wildman–Crippen LogP) is 5.06. The van der Waals surface area contributed by atoms with Gasteiger partial charge in [-0.25, -0.2) is 13.5 Å². The molecule has 1 aliphatic heterocycles. The summed E-state index contributed by atoms with van der Waals surface area (Å²) in [5.41, 5.74) is 2.93. The summed E-state index contributed by atoms with van der Waals surface area (Å²) in [5, 5.41) is 17.8. The number of anilines is 2. The molecule has 0 amide bonds. The highest BCUT2D eigenvalue weighted by molar-refractivity contribution is 7.99. The van der Waals surface area contributed by atoms with Gasteiger partial charge in [0.1, 0.15) is 5.82 Å². The van der Waals surface area contributed by atoms with Gasteiger partial charge < -0.3 is 15.7 Å². The summed E-state index contributed by atoms with van der Waals surface area (Å²) in [6.45, 7) is 2.20. The molecule has 9 heteroatoms. The minimum absolute atomic E-state index is 0.0135. The lowest BCUT2D eigenvalue weighted by molar-refractivity contribution is 0.279. The molecular formula is C28H31N5O2S2. The number of aromatic nitrogens is 2. The van der Waals surface area contributed by atoms with E-state index in [2.05, 4.69) is 22.8 Å². The maximum atomic E-state index is 11.8. The molecule has 0 bridgehead atoms. The van der Waals surface area contributed by atoms with Gasteiger partial charge in [0.15, 0.2) is 0 Å². The van der Waals surface area contributed by atoms with Crippen molar-refractivity contribution in [2.45, 2.75) is 41.8 Å². The summed E-state index contributed by atoms with van der Waals surface area (Å²) in [7, 11) is -0.922. The van der Waals surface area contributed by atoms with Crippen LogP contribution in [0.4, 0.5) is 11.8 Å². The van der Waals surface area contributed by atoms with E-state index < -0.39 is 11.0 Å². The topological polar surface area (TPSA) is 90.4 Å². The molecule has 4 aromatic rings. The highest BCUT2D eigenvalue weighted by atomic mass is 32.2. The predicted molar refractivity (Wildman–Crippen MR) is 152 cm³/mol. The molecule has 1 atom stereocenters. The summed E-state index contributed by atoms with van der Waals surface area (Å²) >= 11 is 1.65. The Morgan fingerprint density at radius 3 is 2.32 bits per heavy atom. The number of fused-ring (bicyclic) bond motifs is 1. The zero-order chi connectivity index (χ0) is 25.6. The Hall–Kier alpha value is -2.98. The third-order valence-corrected chi connectivity index (χ3v) is 8.86. The Morgan fingerprint density at radius 2 is 1.59 bits per heavy atom. The fraction of sp³-hybridized carbons (Fsp3) is 0.286. The smallest absolute Gasteiger partial charge is 0.225 e. The summed E-state index contributed by atoms with van der Waals surface area (Å²) in [5.74, 6) is 1.40. The van der Waals surface area contributed by atoms with Gasteiger partial charge in [0.25, 0.3) is 0 Å². The molecule has 1 aromatic heterocycles. The van der Waals surface area contributed by atoms with Crippen LogP contribution in [-0.4, -0.2) is 49.0 Å². The van der Waals surface area contributed by atoms with E-state index in [0.29, 0.717) is 12.5 Å². The Morgan fingerprint density at radius 1 is 0.946 bits per heavy atom. The number of piperidine rings is 1. The highest BCUT2D eigenvalue weighted by Gasteiger charge is 2.22. The van der Waals surface area contributed by atoms with Gasteiger partial charge >= 0.3 is 0 Å². The molecule has 7 nitrogen and oxygen atoms in total. The third kappa shape index (κ3) is 6.30. The summed E-state index contributed by atoms with van der Waals surface area (Å²) in [6.07, 6.45) is 3.58. The molecular weight excluding hydrogens is 502 g/mol. The summed E-state index contributed by atoms with van der Waals surface area (Å²) in [6, 6.07) is 24.5. The SMILES string of the molecule is CS(=O)N1CCC(Nc2nc(NCc3ccccc3Sc3ccccc3CO)nc3ccccc23)CC1. The quantitative estimate of drug-likeness (QED) is 0.277. The van der Waals surface area contributed by atoms with Gasteiger partial charge in [0.05, 0.1) is 23.1 Å². The van der Waals surface area contributed by atoms with Crippen LogP contribution in [0.1, 0.15) is 24.0 Å². The fourth-order valence-electron chi connectivity index (χ4n) is 4.49. The minimum Gasteiger partial charge on any atom is -0.392 e. The summed E-state index contributed by atoms with van der Waals surface area (Å²) < 4.78 is 13.8. The molecule has 3 N–H and O–H groups in total. The fourth-order valence-corrected chi connectivity index (χ4v) is 6.28. The van der Waals surface area contributed by atoms with Crippen LogP contribution in [0, 0.1) is 0 Å². The summed E-state index contributed by atoms with van der Waals surface area (Å²) in [4.78, 5) is 11.8. The first-order chi connectivity index (χ1) is 18.1. The highest BCUT2D eigenvalue weighted by Crippen LogP contribution is 2.33. The largest absolute Gasteiger partial charge is 0.392 e. The van der Waals surface area contributed by atoms with Crippen molar-refractivity contribution in [2.24, 2.45) is 0 Å². The molecule has 192 valence electrons. The van der Waals surface area contributed by atoms with Gasteiger partial charge in [-0.2, -0.15) is 4.98 Å². The van der Waals surface area contributed by atoms with Gasteiger partial charge in [0, 0.05) is 47.1 Å². The molecule has 3 aromatic carbocycles. The van der Waals surface area contributed by atoms with Crippen LogP contribution in [0.25, 0.3) is 10.9 Å². The van der Waals surface area contributed by atoms with E-state index in [0.717, 1.165) is 63.6 Å². The number of nitrogens with one attached hydrogen (secondary N) is 2. The van der Waals surface area contributed by atoms with Gasteiger partial charge in [-0.1, -0.05) is 60.3 Å². The average Bonchev–Trinajstić information content (AvgIpc) is 2.93. The van der Waals surface area contributed by atoms with Crippen LogP contribution in [0.5, 0.6) is 0 Å². The van der Waals surface area contributed by atoms with Gasteiger partial charge in [-0.3, -0.25) is 0 Å². The molecule has 2 heterocycles. The number of benzene rings is 3. The van der Waals surface area contributed by atoms with E-state index in [1.54, 1.807) is 18.0 Å². The monoisotopic (exact) mass is 533 g/mol. The Labute approximate surface area is 224 Å². The zero-order valence-electron chi connectivity index (χ0n) is 20.8. The lowest BCUT2D eigenvalue weighted by Gasteiger charge is -2.31. The second kappa shape index (κ2) is 12.0. The first kappa shape index (κ1) is 25.7. The van der Waals surface area contributed by atoms with E-state index in [1.807, 2.05) is 65.0 Å². The molecule has 37 heavy (non-hydrogen) atoms. The molecule has 0 spiro atoms. The average molecular weight is 534 g/mol. The van der Waals surface area contributed by atoms with Crippen LogP contribution in [0.3, 0.4) is 0 Å². The number of hydrogen-bond acceptors (Lipinski definition) is 7. The van der Waals surface area contributed by atoms with Crippen LogP contribution >= 0.6 is 11.8 Å². The van der Waals surface area contributed by atoms with Gasteiger partial charge in [0.2, 0.25) is 5.95 Å². The van der Waals surface area contributed by atoms with Gasteiger partial charge in [-0.05, 0) is 48.2 Å².